The summed E-state index contributed by atoms with van der Waals surface area (Å²) >= 11 is 0. The van der Waals surface area contributed by atoms with Crippen molar-refractivity contribution in [3.8, 4) is 6.07 Å². The van der Waals surface area contributed by atoms with E-state index in [-0.39, 0.29) is 5.56 Å². The SMILES string of the molecule is N#Cc1c(F)cccc1NCCCn1ccnn1. The second kappa shape index (κ2) is 5.77. The molecule has 1 heterocycles. The minimum Gasteiger partial charge on any atom is -0.384 e. The minimum absolute atomic E-state index is 0.0539. The molecule has 0 saturated carbocycles. The fraction of sp³-hybridized carbons (Fsp3) is 0.250. The van der Waals surface area contributed by atoms with Crippen molar-refractivity contribution < 1.29 is 4.39 Å². The Balaban J connectivity index is 1.87. The highest BCUT2D eigenvalue weighted by atomic mass is 19.1. The van der Waals surface area contributed by atoms with Gasteiger partial charge >= 0.3 is 0 Å². The van der Waals surface area contributed by atoms with Crippen LogP contribution in [0.3, 0.4) is 0 Å². The van der Waals surface area contributed by atoms with Crippen molar-refractivity contribution in [1.82, 2.24) is 15.0 Å². The van der Waals surface area contributed by atoms with Gasteiger partial charge < -0.3 is 5.32 Å². The number of benzene rings is 1. The molecule has 0 atom stereocenters. The highest BCUT2D eigenvalue weighted by molar-refractivity contribution is 5.57. The first-order valence-corrected chi connectivity index (χ1v) is 5.58. The van der Waals surface area contributed by atoms with E-state index in [1.807, 2.05) is 6.07 Å². The van der Waals surface area contributed by atoms with Gasteiger partial charge in [-0.25, -0.2) is 4.39 Å². The van der Waals surface area contributed by atoms with Gasteiger partial charge in [0.15, 0.2) is 0 Å². The topological polar surface area (TPSA) is 66.5 Å². The normalized spacial score (nSPS) is 10.0. The summed E-state index contributed by atoms with van der Waals surface area (Å²) in [5.74, 6) is -0.501. The van der Waals surface area contributed by atoms with Crippen LogP contribution >= 0.6 is 0 Å². The fourth-order valence-corrected chi connectivity index (χ4v) is 1.60. The van der Waals surface area contributed by atoms with Crippen molar-refractivity contribution in [2.75, 3.05) is 11.9 Å². The summed E-state index contributed by atoms with van der Waals surface area (Å²) in [4.78, 5) is 0. The van der Waals surface area contributed by atoms with Crippen LogP contribution in [0.15, 0.2) is 30.6 Å². The number of aromatic nitrogens is 3. The Morgan fingerprint density at radius 2 is 2.33 bits per heavy atom. The van der Waals surface area contributed by atoms with Crippen molar-refractivity contribution in [3.05, 3.63) is 42.0 Å². The van der Waals surface area contributed by atoms with Crippen LogP contribution < -0.4 is 5.32 Å². The summed E-state index contributed by atoms with van der Waals surface area (Å²) in [6.45, 7) is 1.36. The lowest BCUT2D eigenvalue weighted by Crippen LogP contribution is -2.08. The molecule has 6 heteroatoms. The molecule has 0 radical (unpaired) electrons. The largest absolute Gasteiger partial charge is 0.384 e. The standard InChI is InChI=1S/C12H12FN5/c13-11-3-1-4-12(10(11)9-14)15-5-2-7-18-8-6-16-17-18/h1,3-4,6,8,15H,2,5,7H2. The zero-order valence-electron chi connectivity index (χ0n) is 9.67. The van der Waals surface area contributed by atoms with Gasteiger partial charge in [0.25, 0.3) is 0 Å². The first-order valence-electron chi connectivity index (χ1n) is 5.58. The van der Waals surface area contributed by atoms with E-state index in [1.54, 1.807) is 29.2 Å². The summed E-state index contributed by atoms with van der Waals surface area (Å²) in [5, 5.41) is 19.4. The van der Waals surface area contributed by atoms with E-state index in [0.717, 1.165) is 13.0 Å². The molecule has 92 valence electrons. The zero-order chi connectivity index (χ0) is 12.8. The number of anilines is 1. The van der Waals surface area contributed by atoms with Crippen LogP contribution in [-0.2, 0) is 6.54 Å². The molecule has 5 nitrogen and oxygen atoms in total. The molecule has 0 aliphatic rings. The molecule has 0 spiro atoms. The summed E-state index contributed by atoms with van der Waals surface area (Å²) in [6.07, 6.45) is 4.21. The van der Waals surface area contributed by atoms with Gasteiger partial charge in [-0.05, 0) is 18.6 Å². The Hall–Kier alpha value is -2.42. The van der Waals surface area contributed by atoms with Crippen molar-refractivity contribution in [2.45, 2.75) is 13.0 Å². The molecule has 0 fully saturated rings. The Morgan fingerprint density at radius 3 is 3.06 bits per heavy atom. The van der Waals surface area contributed by atoms with Crippen LogP contribution in [-0.4, -0.2) is 21.5 Å². The molecule has 1 aromatic carbocycles. The van der Waals surface area contributed by atoms with Crippen molar-refractivity contribution in [1.29, 1.82) is 5.26 Å². The van der Waals surface area contributed by atoms with Gasteiger partial charge in [0.1, 0.15) is 17.4 Å². The molecular weight excluding hydrogens is 233 g/mol. The number of nitriles is 1. The first-order chi connectivity index (χ1) is 8.81. The average molecular weight is 245 g/mol. The van der Waals surface area contributed by atoms with E-state index in [9.17, 15) is 4.39 Å². The van der Waals surface area contributed by atoms with Gasteiger partial charge in [-0.15, -0.1) is 5.10 Å². The highest BCUT2D eigenvalue weighted by Gasteiger charge is 2.06. The summed E-state index contributed by atoms with van der Waals surface area (Å²) in [5.41, 5.74) is 0.578. The first kappa shape index (κ1) is 12.0. The van der Waals surface area contributed by atoms with Crippen LogP contribution in [0, 0.1) is 17.1 Å². The van der Waals surface area contributed by atoms with Crippen molar-refractivity contribution >= 4 is 5.69 Å². The summed E-state index contributed by atoms with van der Waals surface area (Å²) in [7, 11) is 0. The second-order valence-electron chi connectivity index (χ2n) is 3.72. The van der Waals surface area contributed by atoms with Crippen LogP contribution in [0.1, 0.15) is 12.0 Å². The monoisotopic (exact) mass is 245 g/mol. The quantitative estimate of drug-likeness (QED) is 0.815. The summed E-state index contributed by atoms with van der Waals surface area (Å²) < 4.78 is 15.0. The average Bonchev–Trinajstić information content (AvgIpc) is 2.88. The molecule has 0 saturated heterocycles. The van der Waals surface area contributed by atoms with Crippen molar-refractivity contribution in [2.24, 2.45) is 0 Å². The van der Waals surface area contributed by atoms with E-state index >= 15 is 0 Å². The molecule has 0 aliphatic heterocycles. The number of halogens is 1. The number of rotatable bonds is 5. The lowest BCUT2D eigenvalue weighted by atomic mass is 10.2. The molecular formula is C12H12FN5. The lowest BCUT2D eigenvalue weighted by molar-refractivity contribution is 0.569. The Labute approximate surface area is 104 Å². The van der Waals surface area contributed by atoms with E-state index in [2.05, 4.69) is 15.6 Å². The van der Waals surface area contributed by atoms with Gasteiger partial charge in [-0.1, -0.05) is 11.3 Å². The van der Waals surface area contributed by atoms with Gasteiger partial charge in [-0.3, -0.25) is 4.68 Å². The summed E-state index contributed by atoms with van der Waals surface area (Å²) in [6, 6.07) is 6.40. The van der Waals surface area contributed by atoms with Gasteiger partial charge in [0.05, 0.1) is 11.9 Å². The molecule has 1 N–H and O–H groups in total. The number of aryl methyl sites for hydroxylation is 1. The smallest absolute Gasteiger partial charge is 0.143 e. The zero-order valence-corrected chi connectivity index (χ0v) is 9.67. The van der Waals surface area contributed by atoms with Crippen LogP contribution in [0.25, 0.3) is 0 Å². The number of nitrogens with one attached hydrogen (secondary N) is 1. The maximum Gasteiger partial charge on any atom is 0.143 e. The van der Waals surface area contributed by atoms with Gasteiger partial charge in [-0.2, -0.15) is 5.26 Å². The molecule has 0 unspecified atom stereocenters. The number of hydrogen-bond acceptors (Lipinski definition) is 4. The minimum atomic E-state index is -0.501. The molecule has 1 aromatic heterocycles. The van der Waals surface area contributed by atoms with E-state index < -0.39 is 5.82 Å². The number of nitrogens with zero attached hydrogens (tertiary/aromatic N) is 4. The highest BCUT2D eigenvalue weighted by Crippen LogP contribution is 2.17. The third-order valence-electron chi connectivity index (χ3n) is 2.48. The van der Waals surface area contributed by atoms with E-state index in [1.165, 1.54) is 6.07 Å². The van der Waals surface area contributed by atoms with Gasteiger partial charge in [0, 0.05) is 19.3 Å². The molecule has 0 aliphatic carbocycles. The van der Waals surface area contributed by atoms with Crippen LogP contribution in [0.4, 0.5) is 10.1 Å². The van der Waals surface area contributed by atoms with E-state index in [4.69, 9.17) is 5.26 Å². The Bertz CT molecular complexity index is 544. The Morgan fingerprint density at radius 1 is 1.44 bits per heavy atom. The fourth-order valence-electron chi connectivity index (χ4n) is 1.60. The predicted octanol–water partition coefficient (Wildman–Crippen LogP) is 1.79. The maximum absolute atomic E-state index is 13.3. The molecule has 2 rings (SSSR count). The Kier molecular flexibility index (Phi) is 3.86. The third kappa shape index (κ3) is 2.83. The predicted molar refractivity (Wildman–Crippen MR) is 64.2 cm³/mol. The molecule has 2 aromatic rings. The number of hydrogen-bond donors (Lipinski definition) is 1. The molecule has 0 bridgehead atoms. The third-order valence-corrected chi connectivity index (χ3v) is 2.48. The van der Waals surface area contributed by atoms with Crippen molar-refractivity contribution in [3.63, 3.8) is 0 Å². The molecule has 18 heavy (non-hydrogen) atoms. The van der Waals surface area contributed by atoms with Crippen LogP contribution in [0.2, 0.25) is 0 Å². The molecule has 0 amide bonds. The van der Waals surface area contributed by atoms with Crippen LogP contribution in [0.5, 0.6) is 0 Å². The van der Waals surface area contributed by atoms with E-state index in [0.29, 0.717) is 12.2 Å². The maximum atomic E-state index is 13.3. The second-order valence-corrected chi connectivity index (χ2v) is 3.72. The van der Waals surface area contributed by atoms with Gasteiger partial charge in [0.2, 0.25) is 0 Å². The lowest BCUT2D eigenvalue weighted by Gasteiger charge is -2.08.